The third-order valence-electron chi connectivity index (χ3n) is 13.7. The van der Waals surface area contributed by atoms with Gasteiger partial charge >= 0.3 is 12.1 Å². The van der Waals surface area contributed by atoms with E-state index in [4.69, 9.17) is 33.2 Å². The van der Waals surface area contributed by atoms with E-state index < -0.39 is 102 Å². The van der Waals surface area contributed by atoms with Crippen molar-refractivity contribution in [3.8, 4) is 0 Å². The minimum atomic E-state index is -1.83. The Hall–Kier alpha value is -2.48. The van der Waals surface area contributed by atoms with E-state index >= 15 is 0 Å². The van der Waals surface area contributed by atoms with Gasteiger partial charge in [0.1, 0.15) is 29.5 Å². The van der Waals surface area contributed by atoms with Crippen molar-refractivity contribution in [3.05, 3.63) is 35.9 Å². The molecule has 16 nitrogen and oxygen atoms in total. The Morgan fingerprint density at radius 1 is 0.968 bits per heavy atom. The van der Waals surface area contributed by atoms with Crippen LogP contribution in [0.15, 0.2) is 30.3 Å². The van der Waals surface area contributed by atoms with Gasteiger partial charge < -0.3 is 68.7 Å². The topological polar surface area (TPSA) is 198 Å². The van der Waals surface area contributed by atoms with Crippen LogP contribution in [0, 0.1) is 17.8 Å². The molecule has 356 valence electrons. The highest BCUT2D eigenvalue weighted by Crippen LogP contribution is 2.41. The first-order valence-electron chi connectivity index (χ1n) is 22.4. The van der Waals surface area contributed by atoms with E-state index in [0.29, 0.717) is 13.0 Å². The number of cyclic esters (lactones) is 1. The Morgan fingerprint density at radius 3 is 2.21 bits per heavy atom. The van der Waals surface area contributed by atoms with Crippen molar-refractivity contribution < 1.29 is 63.2 Å². The van der Waals surface area contributed by atoms with Crippen LogP contribution in [0.25, 0.3) is 0 Å². The van der Waals surface area contributed by atoms with Gasteiger partial charge in [-0.15, -0.1) is 0 Å². The number of carbonyl (C=O) groups excluding carboxylic acids is 2. The van der Waals surface area contributed by atoms with E-state index in [1.807, 2.05) is 82.0 Å². The first-order valence-corrected chi connectivity index (χ1v) is 22.4. The summed E-state index contributed by atoms with van der Waals surface area (Å²) >= 11 is 0. The third kappa shape index (κ3) is 12.4. The average molecular weight is 882 g/mol. The van der Waals surface area contributed by atoms with Crippen LogP contribution in [0.5, 0.6) is 0 Å². The summed E-state index contributed by atoms with van der Waals surface area (Å²) in [7, 11) is 7.12. The predicted molar refractivity (Wildman–Crippen MR) is 232 cm³/mol. The molecule has 0 bridgehead atoms. The number of aliphatic hydroxyl groups excluding tert-OH is 2. The second-order valence-corrected chi connectivity index (χ2v) is 19.4. The number of likely N-dealkylation sites (N-methyl/N-ethyl adjacent to an activating group) is 2. The third-order valence-corrected chi connectivity index (χ3v) is 13.7. The lowest BCUT2D eigenvalue weighted by Crippen LogP contribution is -2.61. The van der Waals surface area contributed by atoms with E-state index in [1.165, 1.54) is 14.0 Å². The number of hydrogen-bond acceptors (Lipinski definition) is 15. The van der Waals surface area contributed by atoms with Gasteiger partial charge in [-0.2, -0.15) is 0 Å². The van der Waals surface area contributed by atoms with Crippen molar-refractivity contribution in [2.45, 2.75) is 192 Å². The van der Waals surface area contributed by atoms with Crippen molar-refractivity contribution in [3.63, 3.8) is 0 Å². The number of nitrogens with one attached hydrogen (secondary N) is 1. The van der Waals surface area contributed by atoms with Crippen molar-refractivity contribution in [1.82, 2.24) is 15.1 Å². The van der Waals surface area contributed by atoms with Gasteiger partial charge in [-0.25, -0.2) is 4.79 Å². The van der Waals surface area contributed by atoms with Crippen molar-refractivity contribution >= 4 is 12.1 Å². The molecule has 1 aromatic carbocycles. The Balaban J connectivity index is 1.75. The highest BCUT2D eigenvalue weighted by atomic mass is 16.7. The number of ether oxygens (including phenoxy) is 7. The minimum absolute atomic E-state index is 0.0730. The molecule has 4 rings (SSSR count). The minimum Gasteiger partial charge on any atom is -0.459 e. The summed E-state index contributed by atoms with van der Waals surface area (Å²) in [6.45, 7) is 18.3. The maximum Gasteiger partial charge on any atom is 0.407 e. The van der Waals surface area contributed by atoms with Gasteiger partial charge in [0.2, 0.25) is 0 Å². The van der Waals surface area contributed by atoms with Crippen LogP contribution in [0.3, 0.4) is 0 Å². The Morgan fingerprint density at radius 2 is 1.61 bits per heavy atom. The fraction of sp³-hybridized carbons (Fsp3) is 0.826. The number of aliphatic hydroxyl groups is 4. The Kier molecular flexibility index (Phi) is 18.2. The first-order chi connectivity index (χ1) is 28.9. The smallest absolute Gasteiger partial charge is 0.407 e. The molecule has 0 aromatic heterocycles. The van der Waals surface area contributed by atoms with Crippen LogP contribution < -0.4 is 5.32 Å². The van der Waals surface area contributed by atoms with Crippen molar-refractivity contribution in [1.29, 1.82) is 0 Å². The summed E-state index contributed by atoms with van der Waals surface area (Å²) in [6, 6.07) is 8.59. The number of alkyl carbamates (subject to hydrolysis) is 1. The maximum atomic E-state index is 14.5. The SMILES string of the molecule is CC[C@H]1OC(=O)[C@H](C)[C@@H](O[C@H]2C[C@@](C)(OC)[C@@H](OC(=O)NCc3ccccc3)[C@H](C)O2)[C@H](C)[C@@H](O[C@@H]2O[C@H](C)C[C@H](N(C)C)[C@H]2O)[C@@](C)(O)C[C@@H](C)CN(C)[C@H](C)[C@@H](O)[C@]1(C)O. The summed E-state index contributed by atoms with van der Waals surface area (Å²) < 4.78 is 44.4. The van der Waals surface area contributed by atoms with Crippen LogP contribution in [-0.4, -0.2) is 167 Å². The van der Waals surface area contributed by atoms with E-state index in [9.17, 15) is 30.0 Å². The zero-order valence-corrected chi connectivity index (χ0v) is 39.6. The van der Waals surface area contributed by atoms with E-state index in [-0.39, 0.29) is 43.9 Å². The average Bonchev–Trinajstić information content (AvgIpc) is 3.20. The molecule has 0 aliphatic carbocycles. The molecule has 1 amide bonds. The molecule has 3 aliphatic rings. The van der Waals surface area contributed by atoms with Crippen LogP contribution in [-0.2, 0) is 44.5 Å². The quantitative estimate of drug-likeness (QED) is 0.213. The largest absolute Gasteiger partial charge is 0.459 e. The Bertz CT molecular complexity index is 1570. The number of amides is 1. The monoisotopic (exact) mass is 882 g/mol. The van der Waals surface area contributed by atoms with Gasteiger partial charge in [0, 0.05) is 44.6 Å². The predicted octanol–water partition coefficient (Wildman–Crippen LogP) is 3.83. The number of rotatable bonds is 10. The number of carbonyl (C=O) groups is 2. The zero-order valence-electron chi connectivity index (χ0n) is 39.6. The summed E-state index contributed by atoms with van der Waals surface area (Å²) in [5.41, 5.74) is -3.65. The number of benzene rings is 1. The normalized spacial score (nSPS) is 43.3. The summed E-state index contributed by atoms with van der Waals surface area (Å²) in [5.74, 6) is -2.75. The fourth-order valence-electron chi connectivity index (χ4n) is 9.87. The van der Waals surface area contributed by atoms with Gasteiger partial charge in [-0.3, -0.25) is 4.79 Å². The van der Waals surface area contributed by atoms with Crippen LogP contribution >= 0.6 is 0 Å². The molecule has 18 atom stereocenters. The van der Waals surface area contributed by atoms with Gasteiger partial charge in [-0.1, -0.05) is 51.1 Å². The lowest BCUT2D eigenvalue weighted by atomic mass is 9.77. The molecule has 0 saturated carbocycles. The molecule has 3 aliphatic heterocycles. The highest BCUT2D eigenvalue weighted by molar-refractivity contribution is 5.73. The van der Waals surface area contributed by atoms with Crippen molar-refractivity contribution in [2.24, 2.45) is 17.8 Å². The molecule has 3 heterocycles. The number of esters is 1. The first kappa shape index (κ1) is 52.1. The molecule has 0 unspecified atom stereocenters. The molecule has 62 heavy (non-hydrogen) atoms. The van der Waals surface area contributed by atoms with Crippen LogP contribution in [0.2, 0.25) is 0 Å². The molecule has 3 fully saturated rings. The molecule has 1 aromatic rings. The summed E-state index contributed by atoms with van der Waals surface area (Å²) in [6.07, 6.45) is -9.31. The van der Waals surface area contributed by atoms with Gasteiger partial charge in [0.15, 0.2) is 18.7 Å². The number of methoxy groups -OCH3 is 1. The van der Waals surface area contributed by atoms with E-state index in [2.05, 4.69) is 5.32 Å². The van der Waals surface area contributed by atoms with Gasteiger partial charge in [0.25, 0.3) is 0 Å². The second kappa shape index (κ2) is 21.7. The summed E-state index contributed by atoms with van der Waals surface area (Å²) in [5, 5.41) is 50.6. The highest BCUT2D eigenvalue weighted by Gasteiger charge is 2.53. The van der Waals surface area contributed by atoms with E-state index in [0.717, 1.165) is 5.56 Å². The molecular weight excluding hydrogens is 803 g/mol. The van der Waals surface area contributed by atoms with Gasteiger partial charge in [-0.05, 0) is 100 Å². The standard InChI is InChI=1S/C46H79N3O13/c1-15-34-46(10,55)38(51)30(6)49(13)25-26(2)22-44(8,54)39(61-42-36(50)33(48(11)12)21-27(3)57-42)28(4)37(29(5)41(52)59-34)60-35-23-45(9,56-14)40(31(7)58-35)62-43(53)47-24-32-19-17-16-18-20-32/h16-20,26-31,33-40,42,50-51,54-55H,15,21-25H2,1-14H3,(H,47,53)/t26-,27-,28+,29-,30-,31+,33+,34-,35+,36-,37+,38-,39-,40+,42+,44+,45-,46-/m1/s1. The maximum absolute atomic E-state index is 14.5. The molecule has 0 radical (unpaired) electrons. The van der Waals surface area contributed by atoms with Crippen LogP contribution in [0.4, 0.5) is 4.79 Å². The van der Waals surface area contributed by atoms with E-state index in [1.54, 1.807) is 41.5 Å². The molecule has 3 saturated heterocycles. The Labute approximate surface area is 369 Å². The molecular formula is C46H79N3O13. The number of nitrogens with zero attached hydrogens (tertiary/aromatic N) is 2. The zero-order chi connectivity index (χ0) is 46.5. The fourth-order valence-corrected chi connectivity index (χ4v) is 9.87. The lowest BCUT2D eigenvalue weighted by Gasteiger charge is -2.49. The second-order valence-electron chi connectivity index (χ2n) is 19.4. The summed E-state index contributed by atoms with van der Waals surface area (Å²) in [4.78, 5) is 31.4. The van der Waals surface area contributed by atoms with Gasteiger partial charge in [0.05, 0.1) is 35.9 Å². The number of hydrogen-bond donors (Lipinski definition) is 5. The van der Waals surface area contributed by atoms with Crippen LogP contribution in [0.1, 0.15) is 100 Å². The van der Waals surface area contributed by atoms with Crippen molar-refractivity contribution in [2.75, 3.05) is 34.8 Å². The lowest BCUT2D eigenvalue weighted by molar-refractivity contribution is -0.317. The molecule has 16 heteroatoms. The molecule has 0 spiro atoms. The molecule has 5 N–H and O–H groups in total.